The Morgan fingerprint density at radius 2 is 2.23 bits per heavy atom. The van der Waals surface area contributed by atoms with Crippen LogP contribution < -0.4 is 0 Å². The maximum absolute atomic E-state index is 11.3. The van der Waals surface area contributed by atoms with Gasteiger partial charge in [0.15, 0.2) is 0 Å². The van der Waals surface area contributed by atoms with Crippen LogP contribution in [0.3, 0.4) is 0 Å². The van der Waals surface area contributed by atoms with E-state index >= 15 is 0 Å². The molecule has 3 nitrogen and oxygen atoms in total. The van der Waals surface area contributed by atoms with Gasteiger partial charge < -0.3 is 0 Å². The van der Waals surface area contributed by atoms with Gasteiger partial charge in [0.2, 0.25) is 10.0 Å². The second kappa shape index (κ2) is 4.24. The monoisotopic (exact) mass is 203 g/mol. The molecule has 76 valence electrons. The first-order chi connectivity index (χ1) is 6.04. The van der Waals surface area contributed by atoms with Crippen molar-refractivity contribution in [1.82, 2.24) is 4.31 Å². The molecule has 1 aliphatic rings. The van der Waals surface area contributed by atoms with Crippen LogP contribution in [0.25, 0.3) is 0 Å². The predicted molar refractivity (Wildman–Crippen MR) is 54.0 cm³/mol. The number of sulfonamides is 1. The molecule has 1 heterocycles. The maximum Gasteiger partial charge on any atom is 0.211 e. The van der Waals surface area contributed by atoms with Gasteiger partial charge in [0, 0.05) is 13.1 Å². The molecule has 0 saturated carbocycles. The first-order valence-corrected chi connectivity index (χ1v) is 6.52. The highest BCUT2D eigenvalue weighted by Crippen LogP contribution is 2.14. The zero-order valence-corrected chi connectivity index (χ0v) is 9.10. The van der Waals surface area contributed by atoms with E-state index in [4.69, 9.17) is 0 Å². The topological polar surface area (TPSA) is 37.4 Å². The highest BCUT2D eigenvalue weighted by molar-refractivity contribution is 7.88. The van der Waals surface area contributed by atoms with Gasteiger partial charge in [-0.25, -0.2) is 8.42 Å². The Kier molecular flexibility index (Phi) is 3.50. The van der Waals surface area contributed by atoms with Crippen molar-refractivity contribution in [3.05, 3.63) is 11.6 Å². The molecule has 1 aliphatic heterocycles. The fraction of sp³-hybridized carbons (Fsp3) is 0.778. The van der Waals surface area contributed by atoms with Crippen molar-refractivity contribution < 1.29 is 8.42 Å². The molecule has 0 aromatic heterocycles. The van der Waals surface area contributed by atoms with E-state index in [0.717, 1.165) is 19.3 Å². The number of allylic oxidation sites excluding steroid dienone is 1. The molecule has 0 amide bonds. The van der Waals surface area contributed by atoms with Gasteiger partial charge in [-0.1, -0.05) is 18.6 Å². The highest BCUT2D eigenvalue weighted by atomic mass is 32.2. The van der Waals surface area contributed by atoms with Crippen LogP contribution in [0.15, 0.2) is 11.6 Å². The van der Waals surface area contributed by atoms with E-state index in [9.17, 15) is 8.42 Å². The second-order valence-electron chi connectivity index (χ2n) is 3.45. The van der Waals surface area contributed by atoms with Crippen LogP contribution in [0, 0.1) is 0 Å². The molecule has 0 N–H and O–H groups in total. The van der Waals surface area contributed by atoms with Crippen LogP contribution >= 0.6 is 0 Å². The fourth-order valence-electron chi connectivity index (χ4n) is 1.48. The molecule has 4 heteroatoms. The number of rotatable bonds is 2. The molecular formula is C9H17NO2S. The third-order valence-corrected chi connectivity index (χ3v) is 3.60. The van der Waals surface area contributed by atoms with Crippen molar-refractivity contribution in [3.63, 3.8) is 0 Å². The Balaban J connectivity index is 2.75. The molecule has 0 fully saturated rings. The Morgan fingerprint density at radius 3 is 2.77 bits per heavy atom. The van der Waals surface area contributed by atoms with E-state index < -0.39 is 10.0 Å². The highest BCUT2D eigenvalue weighted by Gasteiger charge is 2.18. The lowest BCUT2D eigenvalue weighted by Gasteiger charge is -2.18. The van der Waals surface area contributed by atoms with E-state index in [-0.39, 0.29) is 0 Å². The Labute approximate surface area is 80.5 Å². The van der Waals surface area contributed by atoms with Crippen LogP contribution in [0.5, 0.6) is 0 Å². The summed E-state index contributed by atoms with van der Waals surface area (Å²) in [5.41, 5.74) is 1.24. The first kappa shape index (κ1) is 10.7. The van der Waals surface area contributed by atoms with Crippen LogP contribution in [-0.2, 0) is 10.0 Å². The summed E-state index contributed by atoms with van der Waals surface area (Å²) in [4.78, 5) is 0. The van der Waals surface area contributed by atoms with Gasteiger partial charge in [0.1, 0.15) is 0 Å². The molecule has 0 aromatic rings. The zero-order valence-electron chi connectivity index (χ0n) is 8.28. The van der Waals surface area contributed by atoms with Crippen molar-refractivity contribution in [3.8, 4) is 0 Å². The minimum atomic E-state index is -3.00. The van der Waals surface area contributed by atoms with Gasteiger partial charge in [-0.05, 0) is 19.3 Å². The summed E-state index contributed by atoms with van der Waals surface area (Å²) in [5.74, 6) is 0. The van der Waals surface area contributed by atoms with E-state index in [1.807, 2.05) is 0 Å². The molecule has 0 saturated heterocycles. The van der Waals surface area contributed by atoms with E-state index in [0.29, 0.717) is 13.1 Å². The standard InChI is InChI=1S/C9H17NO2S/c1-3-9-6-4-5-7-10(8-9)13(2,11)12/h6H,3-5,7-8H2,1-2H3. The molecule has 0 radical (unpaired) electrons. The molecule has 0 aliphatic carbocycles. The number of hydrogen-bond donors (Lipinski definition) is 0. The van der Waals surface area contributed by atoms with Crippen LogP contribution in [0.1, 0.15) is 26.2 Å². The predicted octanol–water partition coefficient (Wildman–Crippen LogP) is 1.38. The van der Waals surface area contributed by atoms with Crippen molar-refractivity contribution >= 4 is 10.0 Å². The molecule has 0 spiro atoms. The Morgan fingerprint density at radius 1 is 1.54 bits per heavy atom. The third kappa shape index (κ3) is 3.12. The quantitative estimate of drug-likeness (QED) is 0.636. The minimum Gasteiger partial charge on any atom is -0.212 e. The largest absolute Gasteiger partial charge is 0.212 e. The molecule has 13 heavy (non-hydrogen) atoms. The van der Waals surface area contributed by atoms with Crippen molar-refractivity contribution in [2.45, 2.75) is 26.2 Å². The van der Waals surface area contributed by atoms with Crippen LogP contribution in [-0.4, -0.2) is 32.1 Å². The summed E-state index contributed by atoms with van der Waals surface area (Å²) in [6.07, 6.45) is 6.36. The van der Waals surface area contributed by atoms with Gasteiger partial charge in [0.25, 0.3) is 0 Å². The van der Waals surface area contributed by atoms with Crippen LogP contribution in [0.2, 0.25) is 0 Å². The normalized spacial score (nSPS) is 20.9. The SMILES string of the molecule is CCC1=CCCCN(S(C)(=O)=O)C1. The molecule has 0 atom stereocenters. The summed E-state index contributed by atoms with van der Waals surface area (Å²) < 4.78 is 24.2. The molecule has 0 aromatic carbocycles. The fourth-order valence-corrected chi connectivity index (χ4v) is 2.34. The Hall–Kier alpha value is -0.350. The summed E-state index contributed by atoms with van der Waals surface area (Å²) >= 11 is 0. The summed E-state index contributed by atoms with van der Waals surface area (Å²) in [6, 6.07) is 0. The maximum atomic E-state index is 11.3. The second-order valence-corrected chi connectivity index (χ2v) is 5.44. The summed E-state index contributed by atoms with van der Waals surface area (Å²) in [6.45, 7) is 3.33. The van der Waals surface area contributed by atoms with Crippen molar-refractivity contribution in [2.75, 3.05) is 19.3 Å². The average molecular weight is 203 g/mol. The lowest BCUT2D eigenvalue weighted by Crippen LogP contribution is -2.31. The van der Waals surface area contributed by atoms with Gasteiger partial charge >= 0.3 is 0 Å². The minimum absolute atomic E-state index is 0.593. The third-order valence-electron chi connectivity index (χ3n) is 2.35. The van der Waals surface area contributed by atoms with Gasteiger partial charge in [-0.3, -0.25) is 0 Å². The van der Waals surface area contributed by atoms with Gasteiger partial charge in [-0.2, -0.15) is 4.31 Å². The molecular weight excluding hydrogens is 186 g/mol. The number of nitrogens with zero attached hydrogens (tertiary/aromatic N) is 1. The Bertz CT molecular complexity index is 293. The van der Waals surface area contributed by atoms with Crippen LogP contribution in [0.4, 0.5) is 0 Å². The average Bonchev–Trinajstić information content (AvgIpc) is 2.27. The van der Waals surface area contributed by atoms with Crippen molar-refractivity contribution in [1.29, 1.82) is 0 Å². The van der Waals surface area contributed by atoms with E-state index in [1.165, 1.54) is 11.8 Å². The molecule has 1 rings (SSSR count). The lowest BCUT2D eigenvalue weighted by molar-refractivity contribution is 0.439. The smallest absolute Gasteiger partial charge is 0.211 e. The lowest BCUT2D eigenvalue weighted by atomic mass is 10.2. The van der Waals surface area contributed by atoms with Gasteiger partial charge in [0.05, 0.1) is 6.26 Å². The van der Waals surface area contributed by atoms with Gasteiger partial charge in [-0.15, -0.1) is 0 Å². The van der Waals surface area contributed by atoms with E-state index in [1.54, 1.807) is 4.31 Å². The number of hydrogen-bond acceptors (Lipinski definition) is 2. The van der Waals surface area contributed by atoms with Crippen molar-refractivity contribution in [2.24, 2.45) is 0 Å². The first-order valence-electron chi connectivity index (χ1n) is 4.67. The van der Waals surface area contributed by atoms with E-state index in [2.05, 4.69) is 13.0 Å². The molecule has 0 unspecified atom stereocenters. The summed E-state index contributed by atoms with van der Waals surface area (Å²) in [5, 5.41) is 0. The summed E-state index contributed by atoms with van der Waals surface area (Å²) in [7, 11) is -3.00. The zero-order chi connectivity index (χ0) is 9.90. The molecule has 0 bridgehead atoms.